The Morgan fingerprint density at radius 1 is 1.67 bits per heavy atom. The van der Waals surface area contributed by atoms with Crippen LogP contribution in [0.5, 0.6) is 0 Å². The van der Waals surface area contributed by atoms with Gasteiger partial charge in [0, 0.05) is 5.41 Å². The lowest BCUT2D eigenvalue weighted by atomic mass is 9.89. The van der Waals surface area contributed by atoms with Crippen molar-refractivity contribution in [1.82, 2.24) is 0 Å². The van der Waals surface area contributed by atoms with Crippen molar-refractivity contribution in [2.75, 3.05) is 13.2 Å². The van der Waals surface area contributed by atoms with E-state index in [9.17, 15) is 4.91 Å². The van der Waals surface area contributed by atoms with Gasteiger partial charge in [0.15, 0.2) is 0 Å². The van der Waals surface area contributed by atoms with E-state index in [0.29, 0.717) is 0 Å². The van der Waals surface area contributed by atoms with E-state index in [0.717, 1.165) is 6.42 Å². The van der Waals surface area contributed by atoms with Gasteiger partial charge in [0.05, 0.1) is 13.2 Å². The monoisotopic (exact) mass is 131 g/mol. The Morgan fingerprint density at radius 2 is 2.22 bits per heavy atom. The van der Waals surface area contributed by atoms with E-state index in [1.165, 1.54) is 0 Å². The fourth-order valence-electron chi connectivity index (χ4n) is 0.429. The molecule has 0 aliphatic rings. The van der Waals surface area contributed by atoms with Crippen LogP contribution >= 0.6 is 0 Å². The molecule has 0 aliphatic carbocycles. The van der Waals surface area contributed by atoms with Crippen LogP contribution in [-0.2, 0) is 0 Å². The zero-order chi connectivity index (χ0) is 7.33. The molecule has 1 N–H and O–H groups in total. The molecule has 0 bridgehead atoms. The average Bonchev–Trinajstić information content (AvgIpc) is 1.89. The zero-order valence-electron chi connectivity index (χ0n) is 5.92. The van der Waals surface area contributed by atoms with E-state index >= 15 is 0 Å². The maximum absolute atomic E-state index is 9.78. The van der Waals surface area contributed by atoms with Gasteiger partial charge < -0.3 is 5.11 Å². The molecule has 0 fully saturated rings. The summed E-state index contributed by atoms with van der Waals surface area (Å²) in [6.07, 6.45) is 0.787. The average molecular weight is 131 g/mol. The van der Waals surface area contributed by atoms with E-state index in [2.05, 4.69) is 5.18 Å². The molecule has 54 valence electrons. The molecule has 1 atom stereocenters. The number of hydrogen-bond acceptors (Lipinski definition) is 3. The molecule has 1 unspecified atom stereocenters. The predicted octanol–water partition coefficient (Wildman–Crippen LogP) is 1.16. The quantitative estimate of drug-likeness (QED) is 0.582. The minimum atomic E-state index is -0.290. The fraction of sp³-hybridized carbons (Fsp3) is 1.00. The Hall–Kier alpha value is -0.440. The van der Waals surface area contributed by atoms with Gasteiger partial charge in [-0.05, 0) is 6.42 Å². The third kappa shape index (κ3) is 2.56. The summed E-state index contributed by atoms with van der Waals surface area (Å²) in [6.45, 7) is 4.02. The highest BCUT2D eigenvalue weighted by molar-refractivity contribution is 4.73. The third-order valence-corrected chi connectivity index (χ3v) is 1.68. The maximum Gasteiger partial charge on any atom is 0.0886 e. The highest BCUT2D eigenvalue weighted by Gasteiger charge is 2.20. The van der Waals surface area contributed by atoms with Crippen molar-refractivity contribution >= 4 is 0 Å². The summed E-state index contributed by atoms with van der Waals surface area (Å²) in [4.78, 5) is 9.78. The molecular weight excluding hydrogens is 118 g/mol. The lowest BCUT2D eigenvalue weighted by Gasteiger charge is -2.20. The van der Waals surface area contributed by atoms with E-state index in [-0.39, 0.29) is 18.6 Å². The second kappa shape index (κ2) is 3.56. The molecule has 0 heterocycles. The van der Waals surface area contributed by atoms with Crippen LogP contribution in [0.2, 0.25) is 0 Å². The predicted molar refractivity (Wildman–Crippen MR) is 36.1 cm³/mol. The van der Waals surface area contributed by atoms with Gasteiger partial charge in [0.1, 0.15) is 0 Å². The highest BCUT2D eigenvalue weighted by Crippen LogP contribution is 2.19. The molecule has 9 heavy (non-hydrogen) atoms. The van der Waals surface area contributed by atoms with Crippen LogP contribution in [0.3, 0.4) is 0 Å². The molecule has 0 radical (unpaired) electrons. The van der Waals surface area contributed by atoms with Gasteiger partial charge in [0.25, 0.3) is 0 Å². The summed E-state index contributed by atoms with van der Waals surface area (Å²) in [5.41, 5.74) is -0.290. The van der Waals surface area contributed by atoms with Crippen LogP contribution in [0.25, 0.3) is 0 Å². The second-order valence-electron chi connectivity index (χ2n) is 2.61. The lowest BCUT2D eigenvalue weighted by molar-refractivity contribution is 0.145. The lowest BCUT2D eigenvalue weighted by Crippen LogP contribution is -2.23. The van der Waals surface area contributed by atoms with Crippen molar-refractivity contribution in [2.45, 2.75) is 20.3 Å². The van der Waals surface area contributed by atoms with Crippen LogP contribution < -0.4 is 0 Å². The summed E-state index contributed by atoms with van der Waals surface area (Å²) < 4.78 is 0. The van der Waals surface area contributed by atoms with Gasteiger partial charge in [-0.2, -0.15) is 4.91 Å². The highest BCUT2D eigenvalue weighted by atomic mass is 16.3. The normalized spacial score (nSPS) is 16.8. The van der Waals surface area contributed by atoms with Gasteiger partial charge in [-0.15, -0.1) is 0 Å². The van der Waals surface area contributed by atoms with Gasteiger partial charge in [0.2, 0.25) is 0 Å². The van der Waals surface area contributed by atoms with Crippen molar-refractivity contribution in [1.29, 1.82) is 0 Å². The molecule has 0 saturated carbocycles. The Balaban J connectivity index is 3.75. The van der Waals surface area contributed by atoms with Crippen LogP contribution in [0.15, 0.2) is 5.18 Å². The summed E-state index contributed by atoms with van der Waals surface area (Å²) in [5.74, 6) is 0. The molecule has 0 aliphatic heterocycles. The van der Waals surface area contributed by atoms with Crippen molar-refractivity contribution in [3.05, 3.63) is 4.91 Å². The number of rotatable bonds is 4. The number of hydrogen-bond donors (Lipinski definition) is 1. The van der Waals surface area contributed by atoms with Crippen LogP contribution in [-0.4, -0.2) is 18.3 Å². The Bertz CT molecular complexity index is 89.1. The minimum absolute atomic E-state index is 0.0369. The summed E-state index contributed by atoms with van der Waals surface area (Å²) in [6, 6.07) is 0. The Morgan fingerprint density at radius 3 is 2.33 bits per heavy atom. The maximum atomic E-state index is 9.78. The molecule has 0 spiro atoms. The van der Waals surface area contributed by atoms with Crippen LogP contribution in [0.4, 0.5) is 0 Å². The Kier molecular flexibility index (Phi) is 3.39. The van der Waals surface area contributed by atoms with Gasteiger partial charge in [-0.25, -0.2) is 0 Å². The molecular formula is C6H13NO2. The molecule has 0 aromatic rings. The standard InChI is InChI=1S/C6H13NO2/c1-3-6(2,5-8)4-7-9/h8H,3-5H2,1-2H3. The van der Waals surface area contributed by atoms with Gasteiger partial charge >= 0.3 is 0 Å². The molecule has 0 aromatic carbocycles. The zero-order valence-corrected chi connectivity index (χ0v) is 5.92. The number of nitroso groups, excluding NO2 is 1. The van der Waals surface area contributed by atoms with Crippen LogP contribution in [0, 0.1) is 10.3 Å². The van der Waals surface area contributed by atoms with Crippen LogP contribution in [0.1, 0.15) is 20.3 Å². The number of aliphatic hydroxyl groups is 1. The summed E-state index contributed by atoms with van der Waals surface area (Å²) >= 11 is 0. The molecule has 0 aromatic heterocycles. The first kappa shape index (κ1) is 8.56. The first-order valence-corrected chi connectivity index (χ1v) is 3.08. The molecule has 0 rings (SSSR count). The van der Waals surface area contributed by atoms with Gasteiger partial charge in [-0.3, -0.25) is 0 Å². The summed E-state index contributed by atoms with van der Waals surface area (Å²) in [7, 11) is 0. The Labute approximate surface area is 55.1 Å². The van der Waals surface area contributed by atoms with Crippen molar-refractivity contribution < 1.29 is 5.11 Å². The fourth-order valence-corrected chi connectivity index (χ4v) is 0.429. The SMILES string of the molecule is CCC(C)(CO)CN=O. The second-order valence-corrected chi connectivity index (χ2v) is 2.61. The number of aliphatic hydroxyl groups excluding tert-OH is 1. The minimum Gasteiger partial charge on any atom is -0.396 e. The third-order valence-electron chi connectivity index (χ3n) is 1.68. The van der Waals surface area contributed by atoms with E-state index < -0.39 is 0 Å². The first-order chi connectivity index (χ1) is 4.18. The largest absolute Gasteiger partial charge is 0.396 e. The van der Waals surface area contributed by atoms with E-state index in [4.69, 9.17) is 5.11 Å². The smallest absolute Gasteiger partial charge is 0.0886 e. The van der Waals surface area contributed by atoms with E-state index in [1.807, 2.05) is 13.8 Å². The van der Waals surface area contributed by atoms with Crippen molar-refractivity contribution in [3.63, 3.8) is 0 Å². The van der Waals surface area contributed by atoms with Crippen molar-refractivity contribution in [3.8, 4) is 0 Å². The van der Waals surface area contributed by atoms with E-state index in [1.54, 1.807) is 0 Å². The molecule has 3 nitrogen and oxygen atoms in total. The van der Waals surface area contributed by atoms with Crippen molar-refractivity contribution in [2.24, 2.45) is 10.6 Å². The first-order valence-electron chi connectivity index (χ1n) is 3.08. The summed E-state index contributed by atoms with van der Waals surface area (Å²) in [5, 5.41) is 11.5. The molecule has 0 saturated heterocycles. The topological polar surface area (TPSA) is 49.7 Å². The molecule has 3 heteroatoms. The molecule has 0 amide bonds. The number of nitrogens with zero attached hydrogens (tertiary/aromatic N) is 1. The van der Waals surface area contributed by atoms with Gasteiger partial charge in [-0.1, -0.05) is 19.0 Å².